The molecule has 4 nitrogen and oxygen atoms in total. The molecule has 4 heteroatoms. The maximum atomic E-state index is 10.7. The van der Waals surface area contributed by atoms with Gasteiger partial charge in [-0.2, -0.15) is 0 Å². The van der Waals surface area contributed by atoms with Crippen molar-refractivity contribution < 1.29 is 9.90 Å². The number of rotatable bonds is 4. The number of hydrogen-bond donors (Lipinski definition) is 1. The monoisotopic (exact) mass is 244 g/mol. The Morgan fingerprint density at radius 2 is 2.00 bits per heavy atom. The first-order valence-electron chi connectivity index (χ1n) is 5.90. The maximum Gasteiger partial charge on any atom is 0.356 e. The molecular weight excluding hydrogens is 228 g/mol. The summed E-state index contributed by atoms with van der Waals surface area (Å²) < 4.78 is 1.77. The molecular formula is C14H16N2O2. The van der Waals surface area contributed by atoms with Crippen LogP contribution in [0.1, 0.15) is 41.4 Å². The molecule has 1 N–H and O–H groups in total. The van der Waals surface area contributed by atoms with Gasteiger partial charge in [0.25, 0.3) is 0 Å². The summed E-state index contributed by atoms with van der Waals surface area (Å²) in [5.74, 6) is -0.477. The van der Waals surface area contributed by atoms with Gasteiger partial charge in [0.15, 0.2) is 5.69 Å². The minimum atomic E-state index is -0.996. The largest absolute Gasteiger partial charge is 0.476 e. The lowest BCUT2D eigenvalue weighted by Crippen LogP contribution is -1.98. The number of imidazole rings is 1. The minimum Gasteiger partial charge on any atom is -0.476 e. The van der Waals surface area contributed by atoms with E-state index < -0.39 is 5.97 Å². The van der Waals surface area contributed by atoms with Crippen LogP contribution in [0.5, 0.6) is 0 Å². The second kappa shape index (κ2) is 5.04. The average Bonchev–Trinajstić information content (AvgIpc) is 2.78. The summed E-state index contributed by atoms with van der Waals surface area (Å²) in [6.45, 7) is 4.95. The van der Waals surface area contributed by atoms with Gasteiger partial charge in [0.2, 0.25) is 0 Å². The van der Waals surface area contributed by atoms with E-state index in [1.54, 1.807) is 17.1 Å². The SMILES string of the molecule is CC(C)c1ccc(Cn2cnc(C(=O)O)c2)cc1. The Balaban J connectivity index is 2.10. The molecule has 94 valence electrons. The number of carbonyl (C=O) groups is 1. The van der Waals surface area contributed by atoms with Crippen LogP contribution in [0.2, 0.25) is 0 Å². The van der Waals surface area contributed by atoms with Gasteiger partial charge in [-0.05, 0) is 17.0 Å². The third-order valence-electron chi connectivity index (χ3n) is 2.86. The van der Waals surface area contributed by atoms with Crippen LogP contribution in [-0.2, 0) is 6.54 Å². The van der Waals surface area contributed by atoms with Crippen molar-refractivity contribution in [1.82, 2.24) is 9.55 Å². The van der Waals surface area contributed by atoms with Gasteiger partial charge in [-0.25, -0.2) is 9.78 Å². The van der Waals surface area contributed by atoms with Crippen molar-refractivity contribution >= 4 is 5.97 Å². The van der Waals surface area contributed by atoms with E-state index in [9.17, 15) is 4.79 Å². The zero-order valence-corrected chi connectivity index (χ0v) is 10.5. The molecule has 0 fully saturated rings. The Hall–Kier alpha value is -2.10. The lowest BCUT2D eigenvalue weighted by atomic mass is 10.0. The quantitative estimate of drug-likeness (QED) is 0.899. The number of aromatic carboxylic acids is 1. The number of nitrogens with zero attached hydrogens (tertiary/aromatic N) is 2. The Labute approximate surface area is 106 Å². The molecule has 0 atom stereocenters. The first-order chi connectivity index (χ1) is 8.56. The summed E-state index contributed by atoms with van der Waals surface area (Å²) in [6, 6.07) is 8.34. The molecule has 0 unspecified atom stereocenters. The number of carboxylic acid groups (broad SMARTS) is 1. The lowest BCUT2D eigenvalue weighted by molar-refractivity contribution is 0.0691. The molecule has 0 saturated heterocycles. The van der Waals surface area contributed by atoms with E-state index in [0.717, 1.165) is 5.56 Å². The van der Waals surface area contributed by atoms with E-state index in [-0.39, 0.29) is 5.69 Å². The Morgan fingerprint density at radius 1 is 1.33 bits per heavy atom. The van der Waals surface area contributed by atoms with Crippen molar-refractivity contribution in [2.45, 2.75) is 26.3 Å². The topological polar surface area (TPSA) is 55.1 Å². The van der Waals surface area contributed by atoms with Crippen molar-refractivity contribution in [1.29, 1.82) is 0 Å². The van der Waals surface area contributed by atoms with Gasteiger partial charge in [0.05, 0.1) is 6.33 Å². The lowest BCUT2D eigenvalue weighted by Gasteiger charge is -2.07. The molecule has 0 saturated carbocycles. The Morgan fingerprint density at radius 3 is 2.50 bits per heavy atom. The molecule has 1 aromatic heterocycles. The van der Waals surface area contributed by atoms with Crippen LogP contribution in [0.25, 0.3) is 0 Å². The summed E-state index contributed by atoms with van der Waals surface area (Å²) in [6.07, 6.45) is 3.08. The number of benzene rings is 1. The molecule has 0 radical (unpaired) electrons. The summed E-state index contributed by atoms with van der Waals surface area (Å²) in [5.41, 5.74) is 2.51. The molecule has 2 aromatic rings. The van der Waals surface area contributed by atoms with Gasteiger partial charge in [-0.1, -0.05) is 38.1 Å². The third kappa shape index (κ3) is 2.77. The first kappa shape index (κ1) is 12.4. The molecule has 0 bridgehead atoms. The summed E-state index contributed by atoms with van der Waals surface area (Å²) in [5, 5.41) is 8.79. The smallest absolute Gasteiger partial charge is 0.356 e. The van der Waals surface area contributed by atoms with Crippen LogP contribution in [0.15, 0.2) is 36.8 Å². The molecule has 0 amide bonds. The Bertz CT molecular complexity index is 541. The molecule has 0 spiro atoms. The zero-order chi connectivity index (χ0) is 13.1. The molecule has 0 aliphatic carbocycles. The molecule has 0 aliphatic rings. The zero-order valence-electron chi connectivity index (χ0n) is 10.5. The summed E-state index contributed by atoms with van der Waals surface area (Å²) in [4.78, 5) is 14.5. The van der Waals surface area contributed by atoms with Crippen LogP contribution in [0.3, 0.4) is 0 Å². The molecule has 1 heterocycles. The van der Waals surface area contributed by atoms with Gasteiger partial charge >= 0.3 is 5.97 Å². The van der Waals surface area contributed by atoms with Crippen molar-refractivity contribution in [3.8, 4) is 0 Å². The van der Waals surface area contributed by atoms with Crippen molar-refractivity contribution in [3.05, 3.63) is 53.6 Å². The average molecular weight is 244 g/mol. The van der Waals surface area contributed by atoms with Crippen molar-refractivity contribution in [2.24, 2.45) is 0 Å². The predicted octanol–water partition coefficient (Wildman–Crippen LogP) is 2.75. The fraction of sp³-hybridized carbons (Fsp3) is 0.286. The van der Waals surface area contributed by atoms with E-state index in [2.05, 4.69) is 43.1 Å². The molecule has 1 aromatic carbocycles. The van der Waals surface area contributed by atoms with Crippen LogP contribution in [-0.4, -0.2) is 20.6 Å². The van der Waals surface area contributed by atoms with E-state index in [1.807, 2.05) is 0 Å². The molecule has 2 rings (SSSR count). The fourth-order valence-corrected chi connectivity index (χ4v) is 1.78. The maximum absolute atomic E-state index is 10.7. The first-order valence-corrected chi connectivity index (χ1v) is 5.90. The van der Waals surface area contributed by atoms with E-state index in [1.165, 1.54) is 5.56 Å². The van der Waals surface area contributed by atoms with E-state index in [4.69, 9.17) is 5.11 Å². The van der Waals surface area contributed by atoms with Gasteiger partial charge < -0.3 is 9.67 Å². The van der Waals surface area contributed by atoms with Crippen molar-refractivity contribution in [2.75, 3.05) is 0 Å². The van der Waals surface area contributed by atoms with Gasteiger partial charge in [-0.15, -0.1) is 0 Å². The van der Waals surface area contributed by atoms with Crippen LogP contribution >= 0.6 is 0 Å². The van der Waals surface area contributed by atoms with Gasteiger partial charge in [-0.3, -0.25) is 0 Å². The Kier molecular flexibility index (Phi) is 3.46. The van der Waals surface area contributed by atoms with Crippen LogP contribution in [0, 0.1) is 0 Å². The highest BCUT2D eigenvalue weighted by molar-refractivity contribution is 5.84. The number of aromatic nitrogens is 2. The standard InChI is InChI=1S/C14H16N2O2/c1-10(2)12-5-3-11(4-6-12)7-16-8-13(14(17)18)15-9-16/h3-6,8-10H,7H2,1-2H3,(H,17,18). The van der Waals surface area contributed by atoms with E-state index in [0.29, 0.717) is 12.5 Å². The molecule has 18 heavy (non-hydrogen) atoms. The highest BCUT2D eigenvalue weighted by Crippen LogP contribution is 2.15. The second-order valence-corrected chi connectivity index (χ2v) is 4.63. The van der Waals surface area contributed by atoms with E-state index >= 15 is 0 Å². The second-order valence-electron chi connectivity index (χ2n) is 4.63. The van der Waals surface area contributed by atoms with Gasteiger partial charge in [0, 0.05) is 12.7 Å². The predicted molar refractivity (Wildman–Crippen MR) is 68.8 cm³/mol. The molecule has 0 aliphatic heterocycles. The van der Waals surface area contributed by atoms with Crippen LogP contribution < -0.4 is 0 Å². The summed E-state index contributed by atoms with van der Waals surface area (Å²) in [7, 11) is 0. The number of hydrogen-bond acceptors (Lipinski definition) is 2. The highest BCUT2D eigenvalue weighted by Gasteiger charge is 2.06. The number of carboxylic acids is 1. The highest BCUT2D eigenvalue weighted by atomic mass is 16.4. The van der Waals surface area contributed by atoms with Crippen LogP contribution in [0.4, 0.5) is 0 Å². The third-order valence-corrected chi connectivity index (χ3v) is 2.86. The normalized spacial score (nSPS) is 10.8. The van der Waals surface area contributed by atoms with Gasteiger partial charge in [0.1, 0.15) is 0 Å². The minimum absolute atomic E-state index is 0.0776. The fourth-order valence-electron chi connectivity index (χ4n) is 1.78. The summed E-state index contributed by atoms with van der Waals surface area (Å²) >= 11 is 0. The van der Waals surface area contributed by atoms with Crippen molar-refractivity contribution in [3.63, 3.8) is 0 Å².